The van der Waals surface area contributed by atoms with E-state index in [4.69, 9.17) is 0 Å². The largest absolute Gasteiger partial charge is 0.284 e. The van der Waals surface area contributed by atoms with E-state index in [1.807, 2.05) is 11.9 Å². The Morgan fingerprint density at radius 2 is 1.77 bits per heavy atom. The second-order valence-corrected chi connectivity index (χ2v) is 6.93. The first-order valence-corrected chi connectivity index (χ1v) is 8.09. The number of likely N-dealkylation sites (tertiary alicyclic amines) is 1. The van der Waals surface area contributed by atoms with Crippen molar-refractivity contribution in [3.63, 3.8) is 0 Å². The van der Waals surface area contributed by atoms with Gasteiger partial charge in [-0.25, -0.2) is 0 Å². The molecule has 0 bridgehead atoms. The third-order valence-corrected chi connectivity index (χ3v) is 5.01. The predicted octanol–water partition coefficient (Wildman–Crippen LogP) is 2.70. The standard InChI is InChI=1S/C18H24N2O2/c1-14-5-7-15(8-6-14)12-19(2)13-20-16(21)11-18(17(20)22)9-3-4-10-18/h5-8H,3-4,9-13H2,1-2H3. The van der Waals surface area contributed by atoms with Crippen molar-refractivity contribution in [1.29, 1.82) is 0 Å². The second-order valence-electron chi connectivity index (χ2n) is 6.93. The first-order valence-electron chi connectivity index (χ1n) is 8.09. The Kier molecular flexibility index (Phi) is 4.04. The maximum absolute atomic E-state index is 12.7. The Balaban J connectivity index is 1.63. The van der Waals surface area contributed by atoms with Crippen LogP contribution in [0.4, 0.5) is 0 Å². The molecule has 1 spiro atoms. The van der Waals surface area contributed by atoms with Gasteiger partial charge in [-0.3, -0.25) is 19.4 Å². The van der Waals surface area contributed by atoms with Crippen molar-refractivity contribution in [3.8, 4) is 0 Å². The lowest BCUT2D eigenvalue weighted by Crippen LogP contribution is -2.41. The molecule has 0 N–H and O–H groups in total. The van der Waals surface area contributed by atoms with Gasteiger partial charge in [0, 0.05) is 13.0 Å². The molecule has 22 heavy (non-hydrogen) atoms. The number of hydrogen-bond donors (Lipinski definition) is 0. The number of carbonyl (C=O) groups excluding carboxylic acids is 2. The fraction of sp³-hybridized carbons (Fsp3) is 0.556. The quantitative estimate of drug-likeness (QED) is 0.803. The topological polar surface area (TPSA) is 40.6 Å². The Bertz CT molecular complexity index is 573. The molecule has 1 aromatic rings. The zero-order chi connectivity index (χ0) is 15.7. The Labute approximate surface area is 132 Å². The number of benzene rings is 1. The molecular weight excluding hydrogens is 276 g/mol. The van der Waals surface area contributed by atoms with Crippen LogP contribution in [-0.2, 0) is 16.1 Å². The molecule has 2 fully saturated rings. The van der Waals surface area contributed by atoms with Crippen molar-refractivity contribution >= 4 is 11.8 Å². The highest BCUT2D eigenvalue weighted by atomic mass is 16.2. The summed E-state index contributed by atoms with van der Waals surface area (Å²) in [6.45, 7) is 3.20. The summed E-state index contributed by atoms with van der Waals surface area (Å²) in [5.74, 6) is 0.0633. The van der Waals surface area contributed by atoms with Crippen molar-refractivity contribution in [3.05, 3.63) is 35.4 Å². The van der Waals surface area contributed by atoms with Gasteiger partial charge in [0.05, 0.1) is 12.1 Å². The van der Waals surface area contributed by atoms with E-state index < -0.39 is 0 Å². The molecule has 1 saturated heterocycles. The lowest BCUT2D eigenvalue weighted by atomic mass is 9.85. The van der Waals surface area contributed by atoms with Crippen molar-refractivity contribution in [2.45, 2.75) is 45.6 Å². The van der Waals surface area contributed by atoms with E-state index in [2.05, 4.69) is 31.2 Å². The summed E-state index contributed by atoms with van der Waals surface area (Å²) in [6.07, 6.45) is 4.34. The molecule has 4 heteroatoms. The van der Waals surface area contributed by atoms with E-state index in [-0.39, 0.29) is 17.2 Å². The van der Waals surface area contributed by atoms with Crippen LogP contribution in [-0.4, -0.2) is 35.3 Å². The number of nitrogens with zero attached hydrogens (tertiary/aromatic N) is 2. The van der Waals surface area contributed by atoms with Gasteiger partial charge in [0.25, 0.3) is 0 Å². The summed E-state index contributed by atoms with van der Waals surface area (Å²) in [4.78, 5) is 28.4. The SMILES string of the molecule is Cc1ccc(CN(C)CN2C(=O)CC3(CCCC3)C2=O)cc1. The lowest BCUT2D eigenvalue weighted by molar-refractivity contribution is -0.143. The fourth-order valence-corrected chi connectivity index (χ4v) is 3.74. The van der Waals surface area contributed by atoms with Gasteiger partial charge in [0.15, 0.2) is 0 Å². The average Bonchev–Trinajstić information content (AvgIpc) is 3.03. The first-order chi connectivity index (χ1) is 10.5. The van der Waals surface area contributed by atoms with Gasteiger partial charge in [-0.15, -0.1) is 0 Å². The highest BCUT2D eigenvalue weighted by Gasteiger charge is 2.52. The molecule has 0 radical (unpaired) electrons. The summed E-state index contributed by atoms with van der Waals surface area (Å²) in [5, 5.41) is 0. The molecule has 1 aliphatic heterocycles. The molecule has 1 aliphatic carbocycles. The van der Waals surface area contributed by atoms with Crippen molar-refractivity contribution < 1.29 is 9.59 Å². The van der Waals surface area contributed by atoms with Crippen molar-refractivity contribution in [1.82, 2.24) is 9.80 Å². The van der Waals surface area contributed by atoms with E-state index in [0.717, 1.165) is 32.2 Å². The van der Waals surface area contributed by atoms with Crippen LogP contribution in [0.1, 0.15) is 43.2 Å². The van der Waals surface area contributed by atoms with E-state index in [9.17, 15) is 9.59 Å². The minimum Gasteiger partial charge on any atom is -0.284 e. The number of aryl methyl sites for hydroxylation is 1. The van der Waals surface area contributed by atoms with Crippen LogP contribution in [0.5, 0.6) is 0 Å². The number of imide groups is 1. The monoisotopic (exact) mass is 300 g/mol. The van der Waals surface area contributed by atoms with E-state index in [1.165, 1.54) is 16.0 Å². The van der Waals surface area contributed by atoms with Gasteiger partial charge >= 0.3 is 0 Å². The summed E-state index contributed by atoms with van der Waals surface area (Å²) < 4.78 is 0. The van der Waals surface area contributed by atoms with Crippen LogP contribution in [0.25, 0.3) is 0 Å². The van der Waals surface area contributed by atoms with Crippen molar-refractivity contribution in [2.75, 3.05) is 13.7 Å². The number of carbonyl (C=O) groups is 2. The number of amides is 2. The molecule has 0 unspecified atom stereocenters. The molecule has 0 aromatic heterocycles. The third kappa shape index (κ3) is 2.80. The van der Waals surface area contributed by atoms with Gasteiger partial charge in [-0.1, -0.05) is 42.7 Å². The highest BCUT2D eigenvalue weighted by molar-refractivity contribution is 6.06. The molecule has 1 saturated carbocycles. The zero-order valence-corrected chi connectivity index (χ0v) is 13.5. The van der Waals surface area contributed by atoms with Gasteiger partial charge in [-0.05, 0) is 32.4 Å². The molecule has 0 atom stereocenters. The van der Waals surface area contributed by atoms with Crippen LogP contribution in [0.3, 0.4) is 0 Å². The average molecular weight is 300 g/mol. The Morgan fingerprint density at radius 1 is 1.14 bits per heavy atom. The highest BCUT2D eigenvalue weighted by Crippen LogP contribution is 2.46. The summed E-state index contributed by atoms with van der Waals surface area (Å²) in [6, 6.07) is 8.36. The van der Waals surface area contributed by atoms with E-state index in [0.29, 0.717) is 13.1 Å². The Hall–Kier alpha value is -1.68. The maximum Gasteiger partial charge on any atom is 0.237 e. The Morgan fingerprint density at radius 3 is 2.41 bits per heavy atom. The minimum absolute atomic E-state index is 0.00246. The predicted molar refractivity (Wildman–Crippen MR) is 84.9 cm³/mol. The molecule has 3 rings (SSSR count). The van der Waals surface area contributed by atoms with Crippen LogP contribution in [0.2, 0.25) is 0 Å². The fourth-order valence-electron chi connectivity index (χ4n) is 3.74. The van der Waals surface area contributed by atoms with Gasteiger partial charge in [-0.2, -0.15) is 0 Å². The van der Waals surface area contributed by atoms with Crippen molar-refractivity contribution in [2.24, 2.45) is 5.41 Å². The van der Waals surface area contributed by atoms with Crippen LogP contribution >= 0.6 is 0 Å². The molecule has 1 heterocycles. The van der Waals surface area contributed by atoms with Gasteiger partial charge in [0.2, 0.25) is 11.8 Å². The normalized spacial score (nSPS) is 20.6. The molecule has 118 valence electrons. The van der Waals surface area contributed by atoms with Crippen LogP contribution in [0.15, 0.2) is 24.3 Å². The molecule has 2 aliphatic rings. The van der Waals surface area contributed by atoms with Gasteiger partial charge < -0.3 is 0 Å². The van der Waals surface area contributed by atoms with Crippen LogP contribution in [0, 0.1) is 12.3 Å². The minimum atomic E-state index is -0.359. The molecule has 4 nitrogen and oxygen atoms in total. The summed E-state index contributed by atoms with van der Waals surface area (Å²) >= 11 is 0. The maximum atomic E-state index is 12.7. The molecular formula is C18H24N2O2. The van der Waals surface area contributed by atoms with Crippen LogP contribution < -0.4 is 0 Å². The van der Waals surface area contributed by atoms with E-state index in [1.54, 1.807) is 0 Å². The van der Waals surface area contributed by atoms with E-state index >= 15 is 0 Å². The number of rotatable bonds is 4. The first kappa shape index (κ1) is 15.2. The number of hydrogen-bond acceptors (Lipinski definition) is 3. The second kappa shape index (κ2) is 5.84. The zero-order valence-electron chi connectivity index (χ0n) is 13.5. The third-order valence-electron chi connectivity index (χ3n) is 5.01. The summed E-state index contributed by atoms with van der Waals surface area (Å²) in [7, 11) is 1.96. The molecule has 2 amide bonds. The smallest absolute Gasteiger partial charge is 0.237 e. The lowest BCUT2D eigenvalue weighted by Gasteiger charge is -2.25. The van der Waals surface area contributed by atoms with Gasteiger partial charge in [0.1, 0.15) is 0 Å². The summed E-state index contributed by atoms with van der Waals surface area (Å²) in [5.41, 5.74) is 2.07. The molecule has 1 aromatic carbocycles.